The fraction of sp³-hybridized carbons (Fsp3) is 0.174. The molecule has 4 rings (SSSR count). The van der Waals surface area contributed by atoms with E-state index in [4.69, 9.17) is 27.9 Å². The van der Waals surface area contributed by atoms with Crippen LogP contribution in [0.25, 0.3) is 0 Å². The van der Waals surface area contributed by atoms with Gasteiger partial charge < -0.3 is 14.8 Å². The van der Waals surface area contributed by atoms with Crippen molar-refractivity contribution in [3.05, 3.63) is 82.3 Å². The van der Waals surface area contributed by atoms with Gasteiger partial charge >= 0.3 is 6.36 Å². The minimum absolute atomic E-state index is 0.00144. The molecule has 1 atom stereocenters. The molecule has 1 N–H and O–H groups in total. The third kappa shape index (κ3) is 5.54. The second-order valence-electron chi connectivity index (χ2n) is 7.57. The minimum Gasteiger partial charge on any atom is -0.405 e. The molecule has 7 nitrogen and oxygen atoms in total. The van der Waals surface area contributed by atoms with Gasteiger partial charge in [0.1, 0.15) is 11.8 Å². The first-order chi connectivity index (χ1) is 17.0. The van der Waals surface area contributed by atoms with Gasteiger partial charge in [-0.3, -0.25) is 4.79 Å². The highest BCUT2D eigenvalue weighted by molar-refractivity contribution is 7.93. The van der Waals surface area contributed by atoms with E-state index in [9.17, 15) is 26.4 Å². The van der Waals surface area contributed by atoms with Crippen LogP contribution in [-0.2, 0) is 26.2 Å². The van der Waals surface area contributed by atoms with Crippen LogP contribution < -0.4 is 14.4 Å². The number of carbonyl (C=O) groups is 1. The summed E-state index contributed by atoms with van der Waals surface area (Å²) >= 11 is 11.9. The summed E-state index contributed by atoms with van der Waals surface area (Å²) in [6, 6.07) is 13.9. The van der Waals surface area contributed by atoms with Gasteiger partial charge in [0.15, 0.2) is 0 Å². The summed E-state index contributed by atoms with van der Waals surface area (Å²) in [7, 11) is -4.35. The number of benzene rings is 3. The van der Waals surface area contributed by atoms with Crippen LogP contribution >= 0.6 is 23.2 Å². The molecule has 0 bridgehead atoms. The number of anilines is 2. The second-order valence-corrected chi connectivity index (χ2v) is 10.2. The molecule has 1 aliphatic rings. The Kier molecular flexibility index (Phi) is 7.37. The molecule has 0 spiro atoms. The van der Waals surface area contributed by atoms with Gasteiger partial charge in [-0.2, -0.15) is 0 Å². The van der Waals surface area contributed by atoms with Crippen LogP contribution in [-0.4, -0.2) is 33.3 Å². The van der Waals surface area contributed by atoms with Gasteiger partial charge in [-0.1, -0.05) is 53.5 Å². The molecule has 3 aromatic rings. The Balaban J connectivity index is 1.65. The van der Waals surface area contributed by atoms with Crippen molar-refractivity contribution in [2.24, 2.45) is 0 Å². The Morgan fingerprint density at radius 2 is 1.67 bits per heavy atom. The Bertz CT molecular complexity index is 1400. The van der Waals surface area contributed by atoms with Crippen molar-refractivity contribution in [2.45, 2.75) is 23.9 Å². The monoisotopic (exact) mass is 560 g/mol. The Labute approximate surface area is 214 Å². The first kappa shape index (κ1) is 26.1. The molecule has 190 valence electrons. The third-order valence-electron chi connectivity index (χ3n) is 5.16. The van der Waals surface area contributed by atoms with E-state index < -0.39 is 40.7 Å². The SMILES string of the molecule is O=C1Nc2ccccc2N(S(=O)(=O)c2ccc(Cl)c(Cl)c2)[C@@H]1COCc1ccccc1OC(F)(F)F. The van der Waals surface area contributed by atoms with E-state index in [1.807, 2.05) is 0 Å². The molecule has 1 amide bonds. The lowest BCUT2D eigenvalue weighted by molar-refractivity contribution is -0.275. The number of ether oxygens (including phenoxy) is 2. The number of alkyl halides is 3. The molecule has 36 heavy (non-hydrogen) atoms. The summed E-state index contributed by atoms with van der Waals surface area (Å²) in [5.41, 5.74) is 0.495. The van der Waals surface area contributed by atoms with Crippen molar-refractivity contribution in [3.63, 3.8) is 0 Å². The highest BCUT2D eigenvalue weighted by atomic mass is 35.5. The first-order valence-corrected chi connectivity index (χ1v) is 12.5. The Morgan fingerprint density at radius 1 is 0.972 bits per heavy atom. The number of fused-ring (bicyclic) bond motifs is 1. The van der Waals surface area contributed by atoms with E-state index >= 15 is 0 Å². The zero-order valence-corrected chi connectivity index (χ0v) is 20.5. The number of sulfonamides is 1. The first-order valence-electron chi connectivity index (χ1n) is 10.3. The minimum atomic E-state index is -4.91. The lowest BCUT2D eigenvalue weighted by Crippen LogP contribution is -2.53. The van der Waals surface area contributed by atoms with E-state index in [0.29, 0.717) is 0 Å². The number of carbonyl (C=O) groups excluding carboxylic acids is 1. The van der Waals surface area contributed by atoms with Crippen LogP contribution in [0, 0.1) is 0 Å². The van der Waals surface area contributed by atoms with Crippen LogP contribution in [0.1, 0.15) is 5.56 Å². The number of hydrogen-bond acceptors (Lipinski definition) is 5. The normalized spacial score (nSPS) is 15.9. The van der Waals surface area contributed by atoms with E-state index in [1.165, 1.54) is 42.5 Å². The van der Waals surface area contributed by atoms with Crippen molar-refractivity contribution in [3.8, 4) is 5.75 Å². The molecular formula is C23H17Cl2F3N2O5S. The number of halogens is 5. The molecule has 0 saturated carbocycles. The molecule has 0 aliphatic carbocycles. The van der Waals surface area contributed by atoms with Crippen LogP contribution in [0.5, 0.6) is 5.75 Å². The van der Waals surface area contributed by atoms with Crippen LogP contribution in [0.15, 0.2) is 71.6 Å². The number of hydrogen-bond donors (Lipinski definition) is 1. The molecule has 0 unspecified atom stereocenters. The number of rotatable bonds is 7. The van der Waals surface area contributed by atoms with E-state index in [-0.39, 0.29) is 38.5 Å². The van der Waals surface area contributed by atoms with E-state index in [1.54, 1.807) is 12.1 Å². The van der Waals surface area contributed by atoms with Gasteiger partial charge in [0.2, 0.25) is 0 Å². The molecule has 0 aromatic heterocycles. The second kappa shape index (κ2) is 10.2. The highest BCUT2D eigenvalue weighted by Gasteiger charge is 2.41. The molecular weight excluding hydrogens is 544 g/mol. The average molecular weight is 561 g/mol. The molecule has 0 saturated heterocycles. The molecule has 13 heteroatoms. The van der Waals surface area contributed by atoms with Crippen LogP contribution in [0.4, 0.5) is 24.5 Å². The Morgan fingerprint density at radius 3 is 2.39 bits per heavy atom. The maximum atomic E-state index is 13.7. The fourth-order valence-corrected chi connectivity index (χ4v) is 5.59. The van der Waals surface area contributed by atoms with E-state index in [0.717, 1.165) is 16.4 Å². The molecule has 1 heterocycles. The Hall–Kier alpha value is -2.99. The number of nitrogens with one attached hydrogen (secondary N) is 1. The quantitative estimate of drug-likeness (QED) is 0.405. The molecule has 1 aliphatic heterocycles. The van der Waals surface area contributed by atoms with Gasteiger partial charge in [-0.05, 0) is 36.4 Å². The maximum Gasteiger partial charge on any atom is 0.573 e. The van der Waals surface area contributed by atoms with Crippen molar-refractivity contribution >= 4 is 50.5 Å². The van der Waals surface area contributed by atoms with Gasteiger partial charge in [0.05, 0.1) is 39.5 Å². The van der Waals surface area contributed by atoms with Crippen molar-refractivity contribution in [1.29, 1.82) is 0 Å². The van der Waals surface area contributed by atoms with Crippen LogP contribution in [0.2, 0.25) is 10.0 Å². The predicted molar refractivity (Wildman–Crippen MR) is 128 cm³/mol. The zero-order chi connectivity index (χ0) is 26.1. The molecule has 0 fully saturated rings. The number of para-hydroxylation sites is 3. The lowest BCUT2D eigenvalue weighted by Gasteiger charge is -2.36. The summed E-state index contributed by atoms with van der Waals surface area (Å²) in [4.78, 5) is 12.7. The maximum absolute atomic E-state index is 13.7. The van der Waals surface area contributed by atoms with Gasteiger partial charge in [0.25, 0.3) is 15.9 Å². The predicted octanol–water partition coefficient (Wildman–Crippen LogP) is 5.62. The zero-order valence-electron chi connectivity index (χ0n) is 18.1. The topological polar surface area (TPSA) is 84.9 Å². The van der Waals surface area contributed by atoms with Gasteiger partial charge in [-0.25, -0.2) is 12.7 Å². The van der Waals surface area contributed by atoms with E-state index in [2.05, 4.69) is 10.1 Å². The number of nitrogens with zero attached hydrogens (tertiary/aromatic N) is 1. The van der Waals surface area contributed by atoms with Crippen molar-refractivity contribution < 1.29 is 35.9 Å². The highest BCUT2D eigenvalue weighted by Crippen LogP contribution is 2.37. The molecule has 0 radical (unpaired) electrons. The van der Waals surface area contributed by atoms with Gasteiger partial charge in [-0.15, -0.1) is 13.2 Å². The summed E-state index contributed by atoms with van der Waals surface area (Å²) in [6.45, 7) is -0.848. The fourth-order valence-electron chi connectivity index (χ4n) is 3.58. The summed E-state index contributed by atoms with van der Waals surface area (Å²) < 4.78 is 75.9. The summed E-state index contributed by atoms with van der Waals surface area (Å²) in [5.74, 6) is -1.15. The van der Waals surface area contributed by atoms with Crippen molar-refractivity contribution in [2.75, 3.05) is 16.2 Å². The smallest absolute Gasteiger partial charge is 0.405 e. The average Bonchev–Trinajstić information content (AvgIpc) is 2.81. The largest absolute Gasteiger partial charge is 0.573 e. The van der Waals surface area contributed by atoms with Crippen LogP contribution in [0.3, 0.4) is 0 Å². The third-order valence-corrected chi connectivity index (χ3v) is 7.72. The standard InChI is InChI=1S/C23H17Cl2F3N2O5S/c24-16-10-9-15(11-17(16)25)36(32,33)30-19-7-3-2-6-18(19)29-22(31)20(30)13-34-12-14-5-1-4-8-21(14)35-23(26,27)28/h1-11,20H,12-13H2,(H,29,31)/t20-/m1/s1. The molecule has 3 aromatic carbocycles. The summed E-state index contributed by atoms with van der Waals surface area (Å²) in [5, 5.41) is 2.78. The van der Waals surface area contributed by atoms with Crippen molar-refractivity contribution in [1.82, 2.24) is 0 Å². The summed E-state index contributed by atoms with van der Waals surface area (Å²) in [6.07, 6.45) is -4.91. The van der Waals surface area contributed by atoms with Gasteiger partial charge in [0, 0.05) is 5.56 Å². The lowest BCUT2D eigenvalue weighted by atomic mass is 10.1. The number of amides is 1.